The molecule has 0 saturated carbocycles. The van der Waals surface area contributed by atoms with Crippen molar-refractivity contribution in [3.63, 3.8) is 0 Å². The van der Waals surface area contributed by atoms with Gasteiger partial charge in [-0.15, -0.1) is 0 Å². The van der Waals surface area contributed by atoms with E-state index in [1.54, 1.807) is 19.2 Å². The van der Waals surface area contributed by atoms with Gasteiger partial charge >= 0.3 is 0 Å². The fraction of sp³-hybridized carbons (Fsp3) is 0.400. The minimum Gasteiger partial charge on any atom is -0.496 e. The van der Waals surface area contributed by atoms with Gasteiger partial charge in [-0.2, -0.15) is 0 Å². The molecule has 1 fully saturated rings. The smallest absolute Gasteiger partial charge is 0.127 e. The van der Waals surface area contributed by atoms with E-state index in [1.165, 1.54) is 5.56 Å². The maximum atomic E-state index is 10.5. The van der Waals surface area contributed by atoms with E-state index < -0.39 is 6.10 Å². The van der Waals surface area contributed by atoms with Crippen molar-refractivity contribution in [2.45, 2.75) is 32.1 Å². The quantitative estimate of drug-likeness (QED) is 0.882. The van der Waals surface area contributed by atoms with E-state index in [0.717, 1.165) is 36.6 Å². The van der Waals surface area contributed by atoms with Crippen LogP contribution in [0.2, 0.25) is 5.02 Å². The first kappa shape index (κ1) is 18.1. The number of aliphatic hydroxyl groups is 1. The van der Waals surface area contributed by atoms with Crippen LogP contribution in [-0.4, -0.2) is 42.4 Å². The van der Waals surface area contributed by atoms with E-state index in [-0.39, 0.29) is 6.10 Å². The van der Waals surface area contributed by atoms with Crippen LogP contribution in [0.3, 0.4) is 0 Å². The topological polar surface area (TPSA) is 41.9 Å². The van der Waals surface area contributed by atoms with E-state index in [4.69, 9.17) is 21.1 Å². The molecule has 2 atom stereocenters. The highest BCUT2D eigenvalue weighted by atomic mass is 35.5. The molecule has 1 heterocycles. The summed E-state index contributed by atoms with van der Waals surface area (Å²) in [5, 5.41) is 11.1. The monoisotopic (exact) mass is 361 g/mol. The molecule has 2 aromatic carbocycles. The van der Waals surface area contributed by atoms with Crippen LogP contribution in [0.15, 0.2) is 42.5 Å². The summed E-state index contributed by atoms with van der Waals surface area (Å²) in [5.74, 6) is 1.64. The van der Waals surface area contributed by atoms with Crippen LogP contribution in [0.1, 0.15) is 17.5 Å². The summed E-state index contributed by atoms with van der Waals surface area (Å²) >= 11 is 5.89. The molecule has 4 nitrogen and oxygen atoms in total. The van der Waals surface area contributed by atoms with E-state index in [1.807, 2.05) is 25.1 Å². The summed E-state index contributed by atoms with van der Waals surface area (Å²) in [6.45, 7) is 4.35. The molecule has 1 saturated heterocycles. The van der Waals surface area contributed by atoms with E-state index in [0.29, 0.717) is 11.6 Å². The Morgan fingerprint density at radius 3 is 2.60 bits per heavy atom. The fourth-order valence-corrected chi connectivity index (χ4v) is 3.37. The summed E-state index contributed by atoms with van der Waals surface area (Å²) in [4.78, 5) is 2.26. The number of benzene rings is 2. The third-order valence-electron chi connectivity index (χ3n) is 4.57. The lowest BCUT2D eigenvalue weighted by atomic mass is 10.0. The number of rotatable bonds is 5. The minimum absolute atomic E-state index is 0.185. The van der Waals surface area contributed by atoms with Crippen LogP contribution < -0.4 is 9.47 Å². The molecule has 0 radical (unpaired) electrons. The number of hydrogen-bond donors (Lipinski definition) is 1. The number of halogens is 1. The maximum absolute atomic E-state index is 10.5. The predicted octanol–water partition coefficient (Wildman–Crippen LogP) is 3.67. The Kier molecular flexibility index (Phi) is 5.84. The molecule has 3 rings (SSSR count). The molecule has 2 aromatic rings. The lowest BCUT2D eigenvalue weighted by molar-refractivity contribution is -0.0275. The minimum atomic E-state index is -0.510. The maximum Gasteiger partial charge on any atom is 0.127 e. The zero-order valence-corrected chi connectivity index (χ0v) is 15.4. The van der Waals surface area contributed by atoms with Crippen molar-refractivity contribution in [2.24, 2.45) is 0 Å². The highest BCUT2D eigenvalue weighted by molar-refractivity contribution is 6.30. The van der Waals surface area contributed by atoms with Gasteiger partial charge in [0.05, 0.1) is 7.11 Å². The molecule has 0 unspecified atom stereocenters. The molecule has 0 amide bonds. The van der Waals surface area contributed by atoms with Gasteiger partial charge in [-0.25, -0.2) is 0 Å². The Labute approximate surface area is 153 Å². The Balaban J connectivity index is 1.56. The Morgan fingerprint density at radius 2 is 1.96 bits per heavy atom. The average molecular weight is 362 g/mol. The van der Waals surface area contributed by atoms with Crippen molar-refractivity contribution in [3.8, 4) is 11.5 Å². The number of β-amino-alcohol motifs (C(OH)–C–C–N with tert-alkyl or cyclic N) is 1. The molecule has 0 aromatic heterocycles. The van der Waals surface area contributed by atoms with E-state index >= 15 is 0 Å². The van der Waals surface area contributed by atoms with Gasteiger partial charge < -0.3 is 14.6 Å². The number of aliphatic hydroxyl groups excluding tert-OH is 1. The molecule has 0 spiro atoms. The SMILES string of the molecule is COc1ccc(CN2CC[C@@H](Oc3ccc(Cl)cc3)[C@H](O)C2)cc1C. The lowest BCUT2D eigenvalue weighted by Gasteiger charge is -2.36. The molecular formula is C20H24ClNO3. The van der Waals surface area contributed by atoms with Crippen molar-refractivity contribution in [1.29, 1.82) is 0 Å². The van der Waals surface area contributed by atoms with Crippen molar-refractivity contribution in [1.82, 2.24) is 4.90 Å². The molecule has 5 heteroatoms. The second-order valence-electron chi connectivity index (χ2n) is 6.51. The first-order chi connectivity index (χ1) is 12.0. The molecule has 0 bridgehead atoms. The van der Waals surface area contributed by atoms with E-state index in [2.05, 4.69) is 17.0 Å². The average Bonchev–Trinajstić information content (AvgIpc) is 2.59. The summed E-state index contributed by atoms with van der Waals surface area (Å²) in [6.07, 6.45) is 0.0951. The molecule has 25 heavy (non-hydrogen) atoms. The van der Waals surface area contributed by atoms with Gasteiger partial charge in [0, 0.05) is 24.7 Å². The van der Waals surface area contributed by atoms with Gasteiger partial charge in [0.15, 0.2) is 0 Å². The predicted molar refractivity (Wildman–Crippen MR) is 99.5 cm³/mol. The molecule has 1 aliphatic heterocycles. The summed E-state index contributed by atoms with van der Waals surface area (Å²) in [5.41, 5.74) is 2.35. The molecule has 134 valence electrons. The summed E-state index contributed by atoms with van der Waals surface area (Å²) < 4.78 is 11.2. The van der Waals surface area contributed by atoms with Gasteiger partial charge in [0.2, 0.25) is 0 Å². The first-order valence-corrected chi connectivity index (χ1v) is 8.89. The van der Waals surface area contributed by atoms with Gasteiger partial charge in [0.1, 0.15) is 23.7 Å². The number of likely N-dealkylation sites (tertiary alicyclic amines) is 1. The summed E-state index contributed by atoms with van der Waals surface area (Å²) in [6, 6.07) is 13.5. The highest BCUT2D eigenvalue weighted by Crippen LogP contribution is 2.24. The standard InChI is InChI=1S/C20H24ClNO3/c1-14-11-15(3-8-19(14)24-2)12-22-10-9-20(18(23)13-22)25-17-6-4-16(21)5-7-17/h3-8,11,18,20,23H,9-10,12-13H2,1-2H3/t18-,20-/m1/s1. The number of methoxy groups -OCH3 is 1. The van der Waals surface area contributed by atoms with Crippen molar-refractivity contribution < 1.29 is 14.6 Å². The third-order valence-corrected chi connectivity index (χ3v) is 4.82. The van der Waals surface area contributed by atoms with Gasteiger partial charge in [0.25, 0.3) is 0 Å². The van der Waals surface area contributed by atoms with Crippen molar-refractivity contribution >= 4 is 11.6 Å². The van der Waals surface area contributed by atoms with Crippen LogP contribution in [0.25, 0.3) is 0 Å². The lowest BCUT2D eigenvalue weighted by Crippen LogP contribution is -2.48. The Morgan fingerprint density at radius 1 is 1.20 bits per heavy atom. The van der Waals surface area contributed by atoms with E-state index in [9.17, 15) is 5.11 Å². The zero-order chi connectivity index (χ0) is 17.8. The van der Waals surface area contributed by atoms with Crippen LogP contribution in [0, 0.1) is 6.92 Å². The number of aryl methyl sites for hydroxylation is 1. The Bertz CT molecular complexity index is 705. The number of ether oxygens (including phenoxy) is 2. The molecule has 1 aliphatic rings. The van der Waals surface area contributed by atoms with Crippen LogP contribution in [0.4, 0.5) is 0 Å². The largest absolute Gasteiger partial charge is 0.496 e. The van der Waals surface area contributed by atoms with Gasteiger partial charge in [-0.05, 0) is 54.8 Å². The Hall–Kier alpha value is -1.75. The molecule has 1 N–H and O–H groups in total. The van der Waals surface area contributed by atoms with Gasteiger partial charge in [-0.3, -0.25) is 4.90 Å². The van der Waals surface area contributed by atoms with Crippen LogP contribution >= 0.6 is 11.6 Å². The third kappa shape index (κ3) is 4.66. The number of nitrogens with zero attached hydrogens (tertiary/aromatic N) is 1. The highest BCUT2D eigenvalue weighted by Gasteiger charge is 2.29. The number of hydrogen-bond acceptors (Lipinski definition) is 4. The second kappa shape index (κ2) is 8.09. The molecule has 0 aliphatic carbocycles. The van der Waals surface area contributed by atoms with Crippen LogP contribution in [-0.2, 0) is 6.54 Å². The summed E-state index contributed by atoms with van der Waals surface area (Å²) in [7, 11) is 1.68. The number of piperidine rings is 1. The zero-order valence-electron chi connectivity index (χ0n) is 14.6. The van der Waals surface area contributed by atoms with Crippen molar-refractivity contribution in [3.05, 3.63) is 58.6 Å². The van der Waals surface area contributed by atoms with Crippen molar-refractivity contribution in [2.75, 3.05) is 20.2 Å². The second-order valence-corrected chi connectivity index (χ2v) is 6.94. The van der Waals surface area contributed by atoms with Gasteiger partial charge in [-0.1, -0.05) is 23.7 Å². The molecular weight excluding hydrogens is 338 g/mol. The normalized spacial score (nSPS) is 21.1. The first-order valence-electron chi connectivity index (χ1n) is 8.51. The van der Waals surface area contributed by atoms with Crippen LogP contribution in [0.5, 0.6) is 11.5 Å². The fourth-order valence-electron chi connectivity index (χ4n) is 3.24.